The van der Waals surface area contributed by atoms with Gasteiger partial charge in [-0.25, -0.2) is 0 Å². The molecular formula is C12H13F3N2O4. The number of carbonyl (C=O) groups excluding carboxylic acids is 1. The number of halogens is 3. The van der Waals surface area contributed by atoms with Crippen LogP contribution in [0, 0.1) is 0 Å². The van der Waals surface area contributed by atoms with E-state index >= 15 is 0 Å². The molecule has 2 N–H and O–H groups in total. The highest BCUT2D eigenvalue weighted by Gasteiger charge is 2.31. The topological polar surface area (TPSA) is 78.9 Å². The van der Waals surface area contributed by atoms with Crippen LogP contribution in [0.25, 0.3) is 0 Å². The summed E-state index contributed by atoms with van der Waals surface area (Å²) in [4.78, 5) is 23.1. The molecule has 21 heavy (non-hydrogen) atoms. The highest BCUT2D eigenvalue weighted by atomic mass is 19.4. The molecule has 1 amide bonds. The normalized spacial score (nSPS) is 10.9. The molecule has 0 aliphatic heterocycles. The zero-order valence-electron chi connectivity index (χ0n) is 11.0. The van der Waals surface area contributed by atoms with Gasteiger partial charge in [-0.15, -0.1) is 13.2 Å². The number of amides is 1. The molecule has 0 aliphatic carbocycles. The van der Waals surface area contributed by atoms with Crippen molar-refractivity contribution in [2.75, 3.05) is 25.0 Å². The summed E-state index contributed by atoms with van der Waals surface area (Å²) < 4.78 is 40.1. The second-order valence-corrected chi connectivity index (χ2v) is 4.07. The van der Waals surface area contributed by atoms with E-state index in [1.54, 1.807) is 0 Å². The molecule has 1 aromatic carbocycles. The number of hydrogen-bond acceptors (Lipinski definition) is 4. The van der Waals surface area contributed by atoms with E-state index in [-0.39, 0.29) is 6.54 Å². The minimum Gasteiger partial charge on any atom is -0.480 e. The Hall–Kier alpha value is -2.45. The summed E-state index contributed by atoms with van der Waals surface area (Å²) in [5, 5.41) is 10.6. The fourth-order valence-corrected chi connectivity index (χ4v) is 1.45. The largest absolute Gasteiger partial charge is 0.573 e. The van der Waals surface area contributed by atoms with Gasteiger partial charge in [-0.3, -0.25) is 9.59 Å². The van der Waals surface area contributed by atoms with Gasteiger partial charge in [-0.1, -0.05) is 6.07 Å². The monoisotopic (exact) mass is 306 g/mol. The van der Waals surface area contributed by atoms with Crippen LogP contribution >= 0.6 is 0 Å². The Morgan fingerprint density at radius 1 is 1.38 bits per heavy atom. The van der Waals surface area contributed by atoms with Crippen molar-refractivity contribution in [1.82, 2.24) is 5.32 Å². The van der Waals surface area contributed by atoms with Gasteiger partial charge < -0.3 is 20.1 Å². The van der Waals surface area contributed by atoms with E-state index in [1.165, 1.54) is 24.1 Å². The van der Waals surface area contributed by atoms with Crippen molar-refractivity contribution in [2.45, 2.75) is 6.36 Å². The van der Waals surface area contributed by atoms with Crippen LogP contribution in [0.2, 0.25) is 0 Å². The first-order valence-electron chi connectivity index (χ1n) is 5.73. The Kier molecular flexibility index (Phi) is 5.39. The van der Waals surface area contributed by atoms with E-state index in [2.05, 4.69) is 10.1 Å². The highest BCUT2D eigenvalue weighted by molar-refractivity contribution is 5.84. The number of likely N-dealkylation sites (N-methyl/N-ethyl adjacent to an activating group) is 1. The van der Waals surface area contributed by atoms with Crippen molar-refractivity contribution in [3.63, 3.8) is 0 Å². The third kappa shape index (κ3) is 6.50. The van der Waals surface area contributed by atoms with E-state index in [0.29, 0.717) is 5.69 Å². The standard InChI is InChI=1S/C12H13F3N2O4/c1-17(7-10(18)16-6-11(19)20)8-3-2-4-9(5-8)21-12(13,14)15/h2-5H,6-7H2,1H3,(H,16,18)(H,19,20). The van der Waals surface area contributed by atoms with E-state index in [4.69, 9.17) is 5.11 Å². The molecule has 0 bridgehead atoms. The molecule has 1 aromatic rings. The Morgan fingerprint density at radius 3 is 2.62 bits per heavy atom. The molecule has 116 valence electrons. The van der Waals surface area contributed by atoms with Crippen LogP contribution in [0.3, 0.4) is 0 Å². The molecule has 1 rings (SSSR count). The molecule has 0 saturated carbocycles. The van der Waals surface area contributed by atoms with Gasteiger partial charge in [0, 0.05) is 18.8 Å². The molecule has 0 saturated heterocycles. The number of ether oxygens (including phenoxy) is 1. The fourth-order valence-electron chi connectivity index (χ4n) is 1.45. The van der Waals surface area contributed by atoms with Gasteiger partial charge in [-0.05, 0) is 12.1 Å². The number of carboxylic acids is 1. The molecule has 0 unspecified atom stereocenters. The lowest BCUT2D eigenvalue weighted by molar-refractivity contribution is -0.274. The highest BCUT2D eigenvalue weighted by Crippen LogP contribution is 2.26. The van der Waals surface area contributed by atoms with Crippen molar-refractivity contribution in [1.29, 1.82) is 0 Å². The van der Waals surface area contributed by atoms with Crippen molar-refractivity contribution in [2.24, 2.45) is 0 Å². The maximum absolute atomic E-state index is 12.1. The third-order valence-corrected chi connectivity index (χ3v) is 2.31. The Labute approximate surface area is 118 Å². The second kappa shape index (κ2) is 6.82. The number of alkyl halides is 3. The zero-order valence-corrected chi connectivity index (χ0v) is 11.0. The number of hydrogen-bond donors (Lipinski definition) is 2. The van der Waals surface area contributed by atoms with Crippen LogP contribution in [0.4, 0.5) is 18.9 Å². The SMILES string of the molecule is CN(CC(=O)NCC(=O)O)c1cccc(OC(F)(F)F)c1. The Balaban J connectivity index is 2.65. The Bertz CT molecular complexity index is 519. The van der Waals surface area contributed by atoms with Crippen LogP contribution in [-0.2, 0) is 9.59 Å². The molecule has 0 heterocycles. The van der Waals surface area contributed by atoms with E-state index in [0.717, 1.165) is 12.1 Å². The predicted molar refractivity (Wildman–Crippen MR) is 67.0 cm³/mol. The first kappa shape index (κ1) is 16.6. The van der Waals surface area contributed by atoms with Gasteiger partial charge in [0.15, 0.2) is 0 Å². The van der Waals surface area contributed by atoms with Gasteiger partial charge in [-0.2, -0.15) is 0 Å². The van der Waals surface area contributed by atoms with Gasteiger partial charge in [0.05, 0.1) is 6.54 Å². The van der Waals surface area contributed by atoms with E-state index < -0.39 is 30.5 Å². The fraction of sp³-hybridized carbons (Fsp3) is 0.333. The minimum atomic E-state index is -4.80. The average molecular weight is 306 g/mol. The number of carbonyl (C=O) groups is 2. The zero-order chi connectivity index (χ0) is 16.0. The van der Waals surface area contributed by atoms with Crippen LogP contribution in [-0.4, -0.2) is 43.5 Å². The maximum Gasteiger partial charge on any atom is 0.573 e. The predicted octanol–water partition coefficient (Wildman–Crippen LogP) is 1.22. The molecular weight excluding hydrogens is 293 g/mol. The second-order valence-electron chi connectivity index (χ2n) is 4.07. The lowest BCUT2D eigenvalue weighted by atomic mass is 10.3. The number of carboxylic acid groups (broad SMARTS) is 1. The minimum absolute atomic E-state index is 0.206. The van der Waals surface area contributed by atoms with Gasteiger partial charge in [0.1, 0.15) is 12.3 Å². The summed E-state index contributed by atoms with van der Waals surface area (Å²) in [5.74, 6) is -2.16. The van der Waals surface area contributed by atoms with Crippen molar-refractivity contribution < 1.29 is 32.6 Å². The maximum atomic E-state index is 12.1. The van der Waals surface area contributed by atoms with Crippen LogP contribution in [0.1, 0.15) is 0 Å². The van der Waals surface area contributed by atoms with Gasteiger partial charge in [0.2, 0.25) is 5.91 Å². The molecule has 0 atom stereocenters. The number of nitrogens with zero attached hydrogens (tertiary/aromatic N) is 1. The van der Waals surface area contributed by atoms with Gasteiger partial charge in [0.25, 0.3) is 0 Å². The number of aliphatic carboxylic acids is 1. The van der Waals surface area contributed by atoms with Crippen molar-refractivity contribution >= 4 is 17.6 Å². The van der Waals surface area contributed by atoms with E-state index in [9.17, 15) is 22.8 Å². The van der Waals surface area contributed by atoms with Gasteiger partial charge >= 0.3 is 12.3 Å². The molecule has 0 radical (unpaired) electrons. The van der Waals surface area contributed by atoms with Crippen molar-refractivity contribution in [3.8, 4) is 5.75 Å². The van der Waals surface area contributed by atoms with Crippen LogP contribution in [0.15, 0.2) is 24.3 Å². The summed E-state index contributed by atoms with van der Waals surface area (Å²) in [6, 6.07) is 5.10. The summed E-state index contributed by atoms with van der Waals surface area (Å²) in [7, 11) is 1.48. The molecule has 0 fully saturated rings. The van der Waals surface area contributed by atoms with Crippen molar-refractivity contribution in [3.05, 3.63) is 24.3 Å². The lowest BCUT2D eigenvalue weighted by Gasteiger charge is -2.19. The molecule has 6 nitrogen and oxygen atoms in total. The summed E-state index contributed by atoms with van der Waals surface area (Å²) >= 11 is 0. The first-order chi connectivity index (χ1) is 9.67. The first-order valence-corrected chi connectivity index (χ1v) is 5.73. The van der Waals surface area contributed by atoms with Crippen LogP contribution < -0.4 is 15.0 Å². The number of benzene rings is 1. The number of anilines is 1. The van der Waals surface area contributed by atoms with Crippen LogP contribution in [0.5, 0.6) is 5.75 Å². The molecule has 0 spiro atoms. The number of nitrogens with one attached hydrogen (secondary N) is 1. The molecule has 9 heteroatoms. The van der Waals surface area contributed by atoms with E-state index in [1.807, 2.05) is 0 Å². The average Bonchev–Trinajstić information content (AvgIpc) is 2.34. The third-order valence-electron chi connectivity index (χ3n) is 2.31. The summed E-state index contributed by atoms with van der Waals surface area (Å²) in [5.41, 5.74) is 0.322. The molecule has 0 aliphatic rings. The smallest absolute Gasteiger partial charge is 0.480 e. The summed E-state index contributed by atoms with van der Waals surface area (Å²) in [6.07, 6.45) is -4.80. The quantitative estimate of drug-likeness (QED) is 0.826. The number of rotatable bonds is 6. The lowest BCUT2D eigenvalue weighted by Crippen LogP contribution is -2.37. The Morgan fingerprint density at radius 2 is 2.05 bits per heavy atom. The molecule has 0 aromatic heterocycles. The summed E-state index contributed by atoms with van der Waals surface area (Å²) in [6.45, 7) is -0.730.